The first-order chi connectivity index (χ1) is 9.70. The van der Waals surface area contributed by atoms with Crippen molar-refractivity contribution in [2.75, 3.05) is 6.54 Å². The van der Waals surface area contributed by atoms with E-state index in [1.54, 1.807) is 0 Å². The third-order valence-electron chi connectivity index (χ3n) is 5.16. The van der Waals surface area contributed by atoms with Crippen LogP contribution in [-0.2, 0) is 0 Å². The summed E-state index contributed by atoms with van der Waals surface area (Å²) >= 11 is 5.47. The van der Waals surface area contributed by atoms with Gasteiger partial charge in [0, 0.05) is 17.0 Å². The van der Waals surface area contributed by atoms with Crippen LogP contribution in [0, 0.1) is 5.92 Å². The minimum Gasteiger partial charge on any atom is -0.326 e. The SMILES string of the molecule is CCC(N)C(c1ccc(Br)s1)N1CCCC2CCCC21. The Morgan fingerprint density at radius 2 is 2.15 bits per heavy atom. The van der Waals surface area contributed by atoms with Crippen LogP contribution in [0.2, 0.25) is 0 Å². The first-order valence-electron chi connectivity index (χ1n) is 7.97. The fraction of sp³-hybridized carbons (Fsp3) is 0.750. The van der Waals surface area contributed by atoms with Crippen LogP contribution < -0.4 is 5.73 Å². The maximum absolute atomic E-state index is 6.52. The van der Waals surface area contributed by atoms with E-state index >= 15 is 0 Å². The minimum absolute atomic E-state index is 0.250. The molecule has 3 rings (SSSR count). The van der Waals surface area contributed by atoms with Crippen LogP contribution in [0.25, 0.3) is 0 Å². The van der Waals surface area contributed by atoms with E-state index in [9.17, 15) is 0 Å². The lowest BCUT2D eigenvalue weighted by molar-refractivity contribution is 0.0554. The van der Waals surface area contributed by atoms with Crippen LogP contribution in [0.15, 0.2) is 15.9 Å². The molecule has 2 N–H and O–H groups in total. The number of thiophene rings is 1. The van der Waals surface area contributed by atoms with Gasteiger partial charge in [0.2, 0.25) is 0 Å². The number of fused-ring (bicyclic) bond motifs is 1. The van der Waals surface area contributed by atoms with Crippen LogP contribution in [0.5, 0.6) is 0 Å². The van der Waals surface area contributed by atoms with Gasteiger partial charge in [-0.1, -0.05) is 13.3 Å². The summed E-state index contributed by atoms with van der Waals surface area (Å²) in [6.07, 6.45) is 8.06. The minimum atomic E-state index is 0.250. The van der Waals surface area contributed by atoms with Crippen molar-refractivity contribution >= 4 is 27.3 Å². The van der Waals surface area contributed by atoms with Gasteiger partial charge in [-0.25, -0.2) is 0 Å². The van der Waals surface area contributed by atoms with Crippen molar-refractivity contribution in [3.63, 3.8) is 0 Å². The van der Waals surface area contributed by atoms with Gasteiger partial charge >= 0.3 is 0 Å². The maximum atomic E-state index is 6.52. The molecule has 4 atom stereocenters. The number of likely N-dealkylation sites (tertiary alicyclic amines) is 1. The highest BCUT2D eigenvalue weighted by atomic mass is 79.9. The zero-order chi connectivity index (χ0) is 14.1. The Morgan fingerprint density at radius 1 is 1.35 bits per heavy atom. The van der Waals surface area contributed by atoms with Gasteiger partial charge in [0.15, 0.2) is 0 Å². The van der Waals surface area contributed by atoms with Gasteiger partial charge in [-0.3, -0.25) is 4.90 Å². The molecule has 0 spiro atoms. The normalized spacial score (nSPS) is 30.1. The summed E-state index contributed by atoms with van der Waals surface area (Å²) < 4.78 is 1.22. The summed E-state index contributed by atoms with van der Waals surface area (Å²) in [5.74, 6) is 0.929. The van der Waals surface area contributed by atoms with Crippen LogP contribution in [-0.4, -0.2) is 23.5 Å². The van der Waals surface area contributed by atoms with E-state index in [4.69, 9.17) is 5.73 Å². The smallest absolute Gasteiger partial charge is 0.0702 e. The second-order valence-electron chi connectivity index (χ2n) is 6.30. The number of nitrogens with zero attached hydrogens (tertiary/aromatic N) is 1. The van der Waals surface area contributed by atoms with Gasteiger partial charge in [-0.15, -0.1) is 11.3 Å². The van der Waals surface area contributed by atoms with E-state index in [0.29, 0.717) is 6.04 Å². The van der Waals surface area contributed by atoms with E-state index < -0.39 is 0 Å². The van der Waals surface area contributed by atoms with Crippen molar-refractivity contribution < 1.29 is 0 Å². The molecule has 1 aromatic heterocycles. The maximum Gasteiger partial charge on any atom is 0.0702 e. The molecule has 1 aliphatic heterocycles. The Hall–Kier alpha value is 0.1000. The first-order valence-corrected chi connectivity index (χ1v) is 9.58. The molecule has 2 fully saturated rings. The Bertz CT molecular complexity index is 447. The molecular weight excluding hydrogens is 332 g/mol. The molecule has 2 nitrogen and oxygen atoms in total. The summed E-state index contributed by atoms with van der Waals surface area (Å²) in [6.45, 7) is 3.45. The van der Waals surface area contributed by atoms with Gasteiger partial charge in [0.05, 0.1) is 9.83 Å². The quantitative estimate of drug-likeness (QED) is 0.856. The van der Waals surface area contributed by atoms with Crippen LogP contribution in [0.3, 0.4) is 0 Å². The molecule has 0 amide bonds. The Balaban J connectivity index is 1.88. The highest BCUT2D eigenvalue weighted by Crippen LogP contribution is 2.43. The Labute approximate surface area is 134 Å². The monoisotopic (exact) mass is 356 g/mol. The lowest BCUT2D eigenvalue weighted by Crippen LogP contribution is -2.49. The molecule has 1 aromatic rings. The molecule has 1 saturated heterocycles. The molecule has 20 heavy (non-hydrogen) atoms. The van der Waals surface area contributed by atoms with Crippen molar-refractivity contribution in [1.82, 2.24) is 4.90 Å². The van der Waals surface area contributed by atoms with Crippen LogP contribution in [0.4, 0.5) is 0 Å². The van der Waals surface area contributed by atoms with E-state index in [-0.39, 0.29) is 6.04 Å². The topological polar surface area (TPSA) is 29.3 Å². The number of piperidine rings is 1. The zero-order valence-electron chi connectivity index (χ0n) is 12.2. The second kappa shape index (κ2) is 6.47. The first kappa shape index (κ1) is 15.0. The fourth-order valence-electron chi connectivity index (χ4n) is 4.17. The zero-order valence-corrected chi connectivity index (χ0v) is 14.6. The lowest BCUT2D eigenvalue weighted by atomic mass is 9.88. The largest absolute Gasteiger partial charge is 0.326 e. The Morgan fingerprint density at radius 3 is 2.85 bits per heavy atom. The number of hydrogen-bond donors (Lipinski definition) is 1. The molecule has 0 radical (unpaired) electrons. The average Bonchev–Trinajstić information content (AvgIpc) is 3.08. The predicted octanol–water partition coefficient (Wildman–Crippen LogP) is 4.55. The van der Waals surface area contributed by atoms with Gasteiger partial charge in [-0.2, -0.15) is 0 Å². The summed E-state index contributed by atoms with van der Waals surface area (Å²) in [5, 5.41) is 0. The van der Waals surface area contributed by atoms with E-state index in [0.717, 1.165) is 18.4 Å². The van der Waals surface area contributed by atoms with Crippen molar-refractivity contribution in [2.24, 2.45) is 11.7 Å². The van der Waals surface area contributed by atoms with Gasteiger partial charge in [-0.05, 0) is 72.6 Å². The third kappa shape index (κ3) is 2.85. The molecule has 4 unspecified atom stereocenters. The molecule has 2 heterocycles. The van der Waals surface area contributed by atoms with E-state index in [1.807, 2.05) is 11.3 Å². The molecule has 112 valence electrons. The molecule has 1 aliphatic carbocycles. The van der Waals surface area contributed by atoms with Crippen molar-refractivity contribution in [3.8, 4) is 0 Å². The van der Waals surface area contributed by atoms with Gasteiger partial charge < -0.3 is 5.73 Å². The van der Waals surface area contributed by atoms with Gasteiger partial charge in [0.25, 0.3) is 0 Å². The fourth-order valence-corrected chi connectivity index (χ4v) is 5.79. The summed E-state index contributed by atoms with van der Waals surface area (Å²) in [5.41, 5.74) is 6.52. The predicted molar refractivity (Wildman–Crippen MR) is 90.1 cm³/mol. The third-order valence-corrected chi connectivity index (χ3v) is 6.85. The van der Waals surface area contributed by atoms with Crippen molar-refractivity contribution in [3.05, 3.63) is 20.8 Å². The summed E-state index contributed by atoms with van der Waals surface area (Å²) in [4.78, 5) is 4.20. The summed E-state index contributed by atoms with van der Waals surface area (Å²) in [6, 6.07) is 5.90. The van der Waals surface area contributed by atoms with Crippen LogP contribution >= 0.6 is 27.3 Å². The number of hydrogen-bond acceptors (Lipinski definition) is 3. The van der Waals surface area contributed by atoms with Crippen molar-refractivity contribution in [2.45, 2.75) is 63.6 Å². The number of nitrogens with two attached hydrogens (primary N) is 1. The van der Waals surface area contributed by atoms with E-state index in [1.165, 1.54) is 47.3 Å². The standard InChI is InChI=1S/C16H25BrN2S/c1-2-12(18)16(14-8-9-15(17)20-14)19-10-4-6-11-5-3-7-13(11)19/h8-9,11-13,16H,2-7,10,18H2,1H3. The van der Waals surface area contributed by atoms with E-state index in [2.05, 4.69) is 39.9 Å². The Kier molecular flexibility index (Phi) is 4.86. The molecule has 2 aliphatic rings. The number of halogens is 1. The summed E-state index contributed by atoms with van der Waals surface area (Å²) in [7, 11) is 0. The molecule has 4 heteroatoms. The molecule has 0 bridgehead atoms. The molecule has 0 aromatic carbocycles. The van der Waals surface area contributed by atoms with Gasteiger partial charge in [0.1, 0.15) is 0 Å². The molecular formula is C16H25BrN2S. The number of rotatable bonds is 4. The second-order valence-corrected chi connectivity index (χ2v) is 8.79. The molecule has 1 saturated carbocycles. The average molecular weight is 357 g/mol. The lowest BCUT2D eigenvalue weighted by Gasteiger charge is -2.44. The van der Waals surface area contributed by atoms with Crippen LogP contribution in [0.1, 0.15) is 56.4 Å². The highest BCUT2D eigenvalue weighted by Gasteiger charge is 2.40. The highest BCUT2D eigenvalue weighted by molar-refractivity contribution is 9.11. The van der Waals surface area contributed by atoms with Crippen molar-refractivity contribution in [1.29, 1.82) is 0 Å².